The third kappa shape index (κ3) is 7.55. The van der Waals surface area contributed by atoms with E-state index in [0.29, 0.717) is 46.0 Å². The molecule has 4 aromatic rings. The van der Waals surface area contributed by atoms with Gasteiger partial charge in [-0.05, 0) is 79.2 Å². The van der Waals surface area contributed by atoms with Gasteiger partial charge in [-0.3, -0.25) is 15.0 Å². The number of carbonyl (C=O) groups excluding carboxylic acids is 2. The summed E-state index contributed by atoms with van der Waals surface area (Å²) in [5.41, 5.74) is 2.41. The van der Waals surface area contributed by atoms with Crippen molar-refractivity contribution in [3.05, 3.63) is 111 Å². The first kappa shape index (κ1) is 35.1. The predicted molar refractivity (Wildman–Crippen MR) is 183 cm³/mol. The fraction of sp³-hybridized carbons (Fsp3) is 0.324. The second kappa shape index (κ2) is 15.0. The topological polar surface area (TPSA) is 136 Å². The quantitative estimate of drug-likeness (QED) is 0.158. The molecule has 0 saturated carbocycles. The molecule has 13 heteroatoms. The van der Waals surface area contributed by atoms with Crippen LogP contribution < -0.4 is 24.2 Å². The summed E-state index contributed by atoms with van der Waals surface area (Å²) in [5, 5.41) is 33.3. The average Bonchev–Trinajstić information content (AvgIpc) is 3.10. The van der Waals surface area contributed by atoms with Gasteiger partial charge in [0.2, 0.25) is 12.4 Å². The summed E-state index contributed by atoms with van der Waals surface area (Å²) in [6.07, 6.45) is 3.80. The molecule has 50 heavy (non-hydrogen) atoms. The van der Waals surface area contributed by atoms with Crippen molar-refractivity contribution in [3.8, 4) is 17.2 Å². The number of amides is 1. The highest BCUT2D eigenvalue weighted by Crippen LogP contribution is 2.39. The third-order valence-electron chi connectivity index (χ3n) is 9.55. The van der Waals surface area contributed by atoms with Gasteiger partial charge in [-0.25, -0.2) is 4.79 Å². The Balaban J connectivity index is 1.43. The molecule has 3 aliphatic heterocycles. The Bertz CT molecular complexity index is 1880. The fourth-order valence-electron chi connectivity index (χ4n) is 6.94. The molecule has 4 heterocycles. The lowest BCUT2D eigenvalue weighted by Gasteiger charge is -2.44. The summed E-state index contributed by atoms with van der Waals surface area (Å²) in [5.74, 6) is -0.926. The predicted octanol–water partition coefficient (Wildman–Crippen LogP) is 5.22. The summed E-state index contributed by atoms with van der Waals surface area (Å²) < 4.78 is 17.9. The fourth-order valence-corrected chi connectivity index (χ4v) is 7.55. The minimum atomic E-state index is -1.40. The number of aromatic nitrogens is 1. The van der Waals surface area contributed by atoms with Gasteiger partial charge in [0.1, 0.15) is 21.9 Å². The highest BCUT2D eigenvalue weighted by Gasteiger charge is 2.37. The maximum Gasteiger partial charge on any atom is 0.414 e. The maximum atomic E-state index is 13.9. The molecule has 11 nitrogen and oxygen atoms in total. The molecular weight excluding hydrogens is 685 g/mol. The number of carbonyl (C=O) groups is 2. The van der Waals surface area contributed by atoms with E-state index in [0.717, 1.165) is 30.7 Å². The first-order valence-corrected chi connectivity index (χ1v) is 16.9. The number of carboxylic acids is 1. The van der Waals surface area contributed by atoms with Crippen LogP contribution in [0.1, 0.15) is 51.4 Å². The number of piperidine rings is 3. The third-order valence-corrected chi connectivity index (χ3v) is 10.2. The van der Waals surface area contributed by atoms with E-state index in [1.165, 1.54) is 49.7 Å². The standard InChI is InChI=1S/C37H37Cl2N3O8/c1-48-33-9-7-24(15-34(33)49-2)28(17-30-31(38)19-41(47)20-32(30)39)29-14-22(6-8-27(29)36(44)45)18-42(25-4-3-5-26(43)16-25)37(46)50-35-21-40-12-10-23(35)11-13-40/h3-9,14-16,19-20,23,28,35H,10-13,17-18,21H2,1-2H3,(H2-,43,44,45,47)/t28-,35-/m0/s1. The number of hydrogen-bond donors (Lipinski definition) is 2. The van der Waals surface area contributed by atoms with Crippen LogP contribution in [0.5, 0.6) is 17.2 Å². The molecule has 0 spiro atoms. The van der Waals surface area contributed by atoms with Crippen LogP contribution in [0.25, 0.3) is 0 Å². The van der Waals surface area contributed by atoms with Crippen molar-refractivity contribution in [1.82, 2.24) is 4.90 Å². The largest absolute Gasteiger partial charge is 0.545 e. The first-order chi connectivity index (χ1) is 24.0. The molecule has 3 saturated heterocycles. The normalized spacial score (nSPS) is 18.7. The van der Waals surface area contributed by atoms with Gasteiger partial charge in [-0.1, -0.05) is 53.5 Å². The monoisotopic (exact) mass is 721 g/mol. The molecule has 262 valence electrons. The van der Waals surface area contributed by atoms with Crippen LogP contribution in [0.2, 0.25) is 10.0 Å². The van der Waals surface area contributed by atoms with Crippen molar-refractivity contribution >= 4 is 41.0 Å². The van der Waals surface area contributed by atoms with E-state index < -0.39 is 18.0 Å². The minimum Gasteiger partial charge on any atom is -0.545 e. The lowest BCUT2D eigenvalue weighted by molar-refractivity contribution is -0.904. The summed E-state index contributed by atoms with van der Waals surface area (Å²) in [6.45, 7) is 2.65. The van der Waals surface area contributed by atoms with E-state index in [-0.39, 0.29) is 46.3 Å². The SMILES string of the molecule is COc1ccc([C@H](Cc2c(Cl)c[n+](O)cc2Cl)c2cc(CN(C(=O)O[C@H]3CN4CCC3CC4)c3cccc(O)c3)ccc2C(=O)[O-])cc1OC. The highest BCUT2D eigenvalue weighted by molar-refractivity contribution is 6.35. The van der Waals surface area contributed by atoms with Crippen LogP contribution in [0.3, 0.4) is 0 Å². The van der Waals surface area contributed by atoms with Gasteiger partial charge in [0.25, 0.3) is 0 Å². The Labute approximate surface area is 299 Å². The zero-order valence-electron chi connectivity index (χ0n) is 27.6. The molecular formula is C37H37Cl2N3O8. The van der Waals surface area contributed by atoms with Gasteiger partial charge in [-0.15, -0.1) is 0 Å². The Morgan fingerprint density at radius 2 is 1.72 bits per heavy atom. The van der Waals surface area contributed by atoms with E-state index in [2.05, 4.69) is 4.90 Å². The van der Waals surface area contributed by atoms with Gasteiger partial charge in [0, 0.05) is 34.4 Å². The molecule has 0 unspecified atom stereocenters. The Morgan fingerprint density at radius 3 is 2.34 bits per heavy atom. The molecule has 2 atom stereocenters. The molecule has 7 rings (SSSR count). The van der Waals surface area contributed by atoms with Gasteiger partial charge < -0.3 is 29.2 Å². The Hall–Kier alpha value is -4.71. The molecule has 3 aliphatic rings. The van der Waals surface area contributed by atoms with Crippen molar-refractivity contribution in [2.75, 3.05) is 38.8 Å². The number of phenolic OH excluding ortho intramolecular Hbond substituents is 1. The molecule has 3 aromatic carbocycles. The van der Waals surface area contributed by atoms with Crippen molar-refractivity contribution in [2.45, 2.75) is 37.8 Å². The van der Waals surface area contributed by atoms with Crippen LogP contribution in [0, 0.1) is 5.92 Å². The van der Waals surface area contributed by atoms with E-state index >= 15 is 0 Å². The second-order valence-corrected chi connectivity index (χ2v) is 13.4. The van der Waals surface area contributed by atoms with Crippen LogP contribution in [-0.4, -0.2) is 67.2 Å². The van der Waals surface area contributed by atoms with E-state index in [9.17, 15) is 25.0 Å². The van der Waals surface area contributed by atoms with E-state index in [4.69, 9.17) is 37.4 Å². The Kier molecular flexibility index (Phi) is 10.6. The molecule has 0 aliphatic carbocycles. The van der Waals surface area contributed by atoms with Crippen LogP contribution in [-0.2, 0) is 17.7 Å². The van der Waals surface area contributed by atoms with Crippen LogP contribution >= 0.6 is 23.2 Å². The number of nitrogens with zero attached hydrogens (tertiary/aromatic N) is 3. The molecule has 1 amide bonds. The van der Waals surface area contributed by atoms with Gasteiger partial charge in [-0.2, -0.15) is 0 Å². The number of ether oxygens (including phenoxy) is 3. The van der Waals surface area contributed by atoms with E-state index in [1.807, 2.05) is 0 Å². The number of methoxy groups -OCH3 is 2. The number of aromatic hydroxyl groups is 1. The Morgan fingerprint density at radius 1 is 1.00 bits per heavy atom. The number of hydrogen-bond acceptors (Lipinski definition) is 9. The summed E-state index contributed by atoms with van der Waals surface area (Å²) in [7, 11) is 3.01. The maximum absolute atomic E-state index is 13.9. The summed E-state index contributed by atoms with van der Waals surface area (Å²) in [4.78, 5) is 30.3. The smallest absolute Gasteiger partial charge is 0.414 e. The molecule has 2 bridgehead atoms. The van der Waals surface area contributed by atoms with Crippen molar-refractivity contribution in [3.63, 3.8) is 0 Å². The molecule has 1 aromatic heterocycles. The van der Waals surface area contributed by atoms with E-state index in [1.54, 1.807) is 42.5 Å². The number of benzene rings is 3. The lowest BCUT2D eigenvalue weighted by Crippen LogP contribution is -2.53. The van der Waals surface area contributed by atoms with Crippen molar-refractivity contribution in [1.29, 1.82) is 0 Å². The zero-order valence-corrected chi connectivity index (χ0v) is 29.1. The molecule has 0 radical (unpaired) electrons. The summed E-state index contributed by atoms with van der Waals surface area (Å²) in [6, 6.07) is 16.4. The number of phenols is 1. The number of halogens is 2. The number of aromatic carboxylic acids is 1. The number of anilines is 1. The molecule has 2 N–H and O–H groups in total. The number of carboxylic acid groups (broad SMARTS) is 1. The van der Waals surface area contributed by atoms with Gasteiger partial charge >= 0.3 is 6.09 Å². The summed E-state index contributed by atoms with van der Waals surface area (Å²) >= 11 is 13.1. The minimum absolute atomic E-state index is 0.000267. The van der Waals surface area contributed by atoms with Crippen molar-refractivity contribution in [2.24, 2.45) is 5.92 Å². The number of fused-ring (bicyclic) bond motifs is 3. The highest BCUT2D eigenvalue weighted by atomic mass is 35.5. The van der Waals surface area contributed by atoms with Crippen LogP contribution in [0.4, 0.5) is 10.5 Å². The average molecular weight is 723 g/mol. The second-order valence-electron chi connectivity index (χ2n) is 12.6. The van der Waals surface area contributed by atoms with Gasteiger partial charge in [0.15, 0.2) is 11.5 Å². The molecule has 3 fully saturated rings. The van der Waals surface area contributed by atoms with Crippen LogP contribution in [0.15, 0.2) is 73.1 Å². The number of pyridine rings is 1. The zero-order chi connectivity index (χ0) is 35.5. The first-order valence-electron chi connectivity index (χ1n) is 16.2. The number of rotatable bonds is 11. The lowest BCUT2D eigenvalue weighted by atomic mass is 9.82. The van der Waals surface area contributed by atoms with Crippen molar-refractivity contribution < 1.29 is 44.0 Å². The van der Waals surface area contributed by atoms with Gasteiger partial charge in [0.05, 0.1) is 32.4 Å².